The van der Waals surface area contributed by atoms with Gasteiger partial charge in [-0.05, 0) is 13.8 Å². The third kappa shape index (κ3) is 3.30. The molecule has 1 heterocycles. The van der Waals surface area contributed by atoms with Gasteiger partial charge in [0.1, 0.15) is 0 Å². The SMILES string of the molecule is CCO/C=N/c1c(C(=O)OCC)[nH]c(=O)[nH]c1=O. The smallest absolute Gasteiger partial charge is 0.357 e. The van der Waals surface area contributed by atoms with Crippen molar-refractivity contribution in [3.8, 4) is 0 Å². The number of carbonyl (C=O) groups excluding carboxylic acids is 1. The maximum absolute atomic E-state index is 11.5. The maximum atomic E-state index is 11.5. The summed E-state index contributed by atoms with van der Waals surface area (Å²) in [6.07, 6.45) is 1.02. The molecule has 0 bridgehead atoms. The first-order valence-corrected chi connectivity index (χ1v) is 5.28. The molecule has 98 valence electrons. The van der Waals surface area contributed by atoms with Crippen LogP contribution in [0.1, 0.15) is 24.3 Å². The monoisotopic (exact) mass is 255 g/mol. The van der Waals surface area contributed by atoms with Crippen LogP contribution in [0.2, 0.25) is 0 Å². The van der Waals surface area contributed by atoms with Crippen molar-refractivity contribution in [1.82, 2.24) is 9.97 Å². The zero-order valence-electron chi connectivity index (χ0n) is 9.98. The molecule has 0 unspecified atom stereocenters. The Bertz CT molecular complexity index is 557. The van der Waals surface area contributed by atoms with Gasteiger partial charge in [-0.2, -0.15) is 0 Å². The second-order valence-electron chi connectivity index (χ2n) is 3.04. The number of H-pyrrole nitrogens is 2. The van der Waals surface area contributed by atoms with Gasteiger partial charge in [0.15, 0.2) is 17.8 Å². The molecule has 0 atom stereocenters. The van der Waals surface area contributed by atoms with Crippen LogP contribution in [0.3, 0.4) is 0 Å². The highest BCUT2D eigenvalue weighted by Crippen LogP contribution is 2.09. The normalized spacial score (nSPS) is 10.6. The van der Waals surface area contributed by atoms with Crippen LogP contribution < -0.4 is 11.2 Å². The van der Waals surface area contributed by atoms with Gasteiger partial charge < -0.3 is 9.47 Å². The van der Waals surface area contributed by atoms with E-state index in [9.17, 15) is 14.4 Å². The van der Waals surface area contributed by atoms with Crippen LogP contribution in [0.25, 0.3) is 0 Å². The first kappa shape index (κ1) is 13.7. The average molecular weight is 255 g/mol. The Morgan fingerprint density at radius 3 is 2.61 bits per heavy atom. The number of nitrogens with zero attached hydrogens (tertiary/aromatic N) is 1. The lowest BCUT2D eigenvalue weighted by atomic mass is 10.3. The Kier molecular flexibility index (Phi) is 4.85. The van der Waals surface area contributed by atoms with Crippen molar-refractivity contribution >= 4 is 18.1 Å². The summed E-state index contributed by atoms with van der Waals surface area (Å²) in [6.45, 7) is 3.81. The molecule has 0 aliphatic heterocycles. The lowest BCUT2D eigenvalue weighted by Gasteiger charge is -2.03. The van der Waals surface area contributed by atoms with Crippen molar-refractivity contribution in [2.24, 2.45) is 4.99 Å². The molecule has 1 rings (SSSR count). The maximum Gasteiger partial charge on any atom is 0.357 e. The Balaban J connectivity index is 3.25. The first-order chi connectivity index (χ1) is 8.60. The molecule has 0 spiro atoms. The molecule has 0 aliphatic rings. The summed E-state index contributed by atoms with van der Waals surface area (Å²) in [4.78, 5) is 42.0. The van der Waals surface area contributed by atoms with Crippen LogP contribution in [0.5, 0.6) is 0 Å². The third-order valence-corrected chi connectivity index (χ3v) is 1.82. The molecular formula is C10H13N3O5. The number of hydrogen-bond donors (Lipinski definition) is 2. The molecule has 0 fully saturated rings. The van der Waals surface area contributed by atoms with E-state index in [0.717, 1.165) is 6.40 Å². The van der Waals surface area contributed by atoms with Crippen molar-refractivity contribution in [2.75, 3.05) is 13.2 Å². The van der Waals surface area contributed by atoms with Crippen molar-refractivity contribution in [1.29, 1.82) is 0 Å². The van der Waals surface area contributed by atoms with Crippen LogP contribution in [0.4, 0.5) is 5.69 Å². The number of rotatable bonds is 5. The summed E-state index contributed by atoms with van der Waals surface area (Å²) in [5.74, 6) is -0.829. The number of ether oxygens (including phenoxy) is 2. The standard InChI is InChI=1S/C10H13N3O5/c1-3-17-5-11-6-7(9(15)18-4-2)12-10(16)13-8(6)14/h5H,3-4H2,1-2H3,(H2,12,13,14,16)/b11-5+. The van der Waals surface area contributed by atoms with Crippen molar-refractivity contribution < 1.29 is 14.3 Å². The number of esters is 1. The summed E-state index contributed by atoms with van der Waals surface area (Å²) >= 11 is 0. The van der Waals surface area contributed by atoms with Gasteiger partial charge in [0.05, 0.1) is 13.2 Å². The quantitative estimate of drug-likeness (QED) is 0.434. The average Bonchev–Trinajstić information content (AvgIpc) is 2.31. The molecule has 1 aromatic heterocycles. The Hall–Kier alpha value is -2.38. The minimum Gasteiger partial charge on any atom is -0.483 e. The van der Waals surface area contributed by atoms with E-state index in [1.54, 1.807) is 13.8 Å². The van der Waals surface area contributed by atoms with E-state index in [2.05, 4.69) is 9.98 Å². The number of nitrogens with one attached hydrogen (secondary N) is 2. The van der Waals surface area contributed by atoms with E-state index in [-0.39, 0.29) is 18.0 Å². The van der Waals surface area contributed by atoms with E-state index in [1.807, 2.05) is 4.98 Å². The summed E-state index contributed by atoms with van der Waals surface area (Å²) in [5, 5.41) is 0. The van der Waals surface area contributed by atoms with Crippen molar-refractivity contribution in [2.45, 2.75) is 13.8 Å². The largest absolute Gasteiger partial charge is 0.483 e. The van der Waals surface area contributed by atoms with Crippen LogP contribution in [0.15, 0.2) is 14.6 Å². The Labute approximate surface area is 102 Å². The zero-order chi connectivity index (χ0) is 13.5. The topological polar surface area (TPSA) is 114 Å². The minimum atomic E-state index is -0.829. The fraction of sp³-hybridized carbons (Fsp3) is 0.400. The number of aromatic amines is 2. The number of carbonyl (C=O) groups is 1. The minimum absolute atomic E-state index is 0.113. The van der Waals surface area contributed by atoms with Crippen LogP contribution in [-0.2, 0) is 9.47 Å². The van der Waals surface area contributed by atoms with Gasteiger partial charge in [-0.15, -0.1) is 0 Å². The number of aliphatic imine (C=N–C) groups is 1. The molecule has 1 aromatic rings. The highest BCUT2D eigenvalue weighted by atomic mass is 16.5. The lowest BCUT2D eigenvalue weighted by molar-refractivity contribution is 0.0520. The molecule has 8 heteroatoms. The predicted molar refractivity (Wildman–Crippen MR) is 63.4 cm³/mol. The molecule has 0 saturated heterocycles. The third-order valence-electron chi connectivity index (χ3n) is 1.82. The van der Waals surface area contributed by atoms with E-state index >= 15 is 0 Å². The van der Waals surface area contributed by atoms with Gasteiger partial charge in [0.25, 0.3) is 5.56 Å². The molecule has 2 N–H and O–H groups in total. The molecular weight excluding hydrogens is 242 g/mol. The second-order valence-corrected chi connectivity index (χ2v) is 3.04. The molecule has 8 nitrogen and oxygen atoms in total. The molecule has 0 aromatic carbocycles. The van der Waals surface area contributed by atoms with Gasteiger partial charge in [-0.25, -0.2) is 14.6 Å². The predicted octanol–water partition coefficient (Wildman–Crippen LogP) is -0.0638. The number of hydrogen-bond acceptors (Lipinski definition) is 6. The van der Waals surface area contributed by atoms with E-state index in [1.165, 1.54) is 0 Å². The van der Waals surface area contributed by atoms with Crippen molar-refractivity contribution in [3.05, 3.63) is 26.5 Å². The Morgan fingerprint density at radius 2 is 2.00 bits per heavy atom. The first-order valence-electron chi connectivity index (χ1n) is 5.28. The Morgan fingerprint density at radius 1 is 1.28 bits per heavy atom. The van der Waals surface area contributed by atoms with Gasteiger partial charge in [0.2, 0.25) is 0 Å². The molecule has 0 amide bonds. The van der Waals surface area contributed by atoms with Crippen molar-refractivity contribution in [3.63, 3.8) is 0 Å². The van der Waals surface area contributed by atoms with Gasteiger partial charge in [-0.1, -0.05) is 0 Å². The fourth-order valence-electron chi connectivity index (χ4n) is 1.12. The van der Waals surface area contributed by atoms with Gasteiger partial charge in [-0.3, -0.25) is 14.8 Å². The van der Waals surface area contributed by atoms with Crippen LogP contribution in [-0.4, -0.2) is 35.6 Å². The van der Waals surface area contributed by atoms with E-state index < -0.39 is 17.2 Å². The molecule has 0 saturated carbocycles. The van der Waals surface area contributed by atoms with Crippen LogP contribution >= 0.6 is 0 Å². The molecule has 0 aliphatic carbocycles. The fourth-order valence-corrected chi connectivity index (χ4v) is 1.12. The summed E-state index contributed by atoms with van der Waals surface area (Å²) in [5.41, 5.74) is -2.17. The van der Waals surface area contributed by atoms with Gasteiger partial charge in [0, 0.05) is 0 Å². The van der Waals surface area contributed by atoms with E-state index in [4.69, 9.17) is 9.47 Å². The highest BCUT2D eigenvalue weighted by Gasteiger charge is 2.17. The van der Waals surface area contributed by atoms with Gasteiger partial charge >= 0.3 is 11.7 Å². The number of aromatic nitrogens is 2. The summed E-state index contributed by atoms with van der Waals surface area (Å²) in [7, 11) is 0. The summed E-state index contributed by atoms with van der Waals surface area (Å²) in [6, 6.07) is 0. The second kappa shape index (κ2) is 6.38. The molecule has 18 heavy (non-hydrogen) atoms. The van der Waals surface area contributed by atoms with E-state index in [0.29, 0.717) is 6.61 Å². The molecule has 0 radical (unpaired) electrons. The highest BCUT2D eigenvalue weighted by molar-refractivity contribution is 5.92. The zero-order valence-corrected chi connectivity index (χ0v) is 9.98. The van der Waals surface area contributed by atoms with Crippen LogP contribution in [0, 0.1) is 0 Å². The summed E-state index contributed by atoms with van der Waals surface area (Å²) < 4.78 is 9.54. The lowest BCUT2D eigenvalue weighted by Crippen LogP contribution is -2.26.